The van der Waals surface area contributed by atoms with Crippen LogP contribution >= 0.6 is 0 Å². The SMILES string of the molecule is CC1=C2CN(Cc3ccccc3)CCN2C(C)C1. The van der Waals surface area contributed by atoms with Crippen molar-refractivity contribution in [1.29, 1.82) is 0 Å². The molecule has 1 fully saturated rings. The maximum absolute atomic E-state index is 2.61. The molecule has 0 amide bonds. The van der Waals surface area contributed by atoms with E-state index in [2.05, 4.69) is 54.0 Å². The van der Waals surface area contributed by atoms with E-state index in [1.807, 2.05) is 0 Å². The summed E-state index contributed by atoms with van der Waals surface area (Å²) in [5, 5.41) is 0. The third-order valence-corrected chi connectivity index (χ3v) is 4.25. The monoisotopic (exact) mass is 242 g/mol. The lowest BCUT2D eigenvalue weighted by Gasteiger charge is -2.38. The molecule has 2 heterocycles. The molecule has 0 bridgehead atoms. The van der Waals surface area contributed by atoms with Crippen molar-refractivity contribution in [2.24, 2.45) is 0 Å². The molecule has 2 heteroatoms. The lowest BCUT2D eigenvalue weighted by atomic mass is 10.1. The lowest BCUT2D eigenvalue weighted by Crippen LogP contribution is -2.45. The van der Waals surface area contributed by atoms with Crippen LogP contribution in [0, 0.1) is 0 Å². The quantitative estimate of drug-likeness (QED) is 0.787. The van der Waals surface area contributed by atoms with Crippen LogP contribution in [0.5, 0.6) is 0 Å². The normalized spacial score (nSPS) is 24.6. The summed E-state index contributed by atoms with van der Waals surface area (Å²) in [5.74, 6) is 0. The van der Waals surface area contributed by atoms with E-state index in [-0.39, 0.29) is 0 Å². The summed E-state index contributed by atoms with van der Waals surface area (Å²) < 4.78 is 0. The Balaban J connectivity index is 1.69. The molecule has 0 radical (unpaired) electrons. The molecule has 1 atom stereocenters. The Labute approximate surface area is 110 Å². The van der Waals surface area contributed by atoms with Gasteiger partial charge in [-0.15, -0.1) is 0 Å². The van der Waals surface area contributed by atoms with E-state index in [1.54, 1.807) is 11.3 Å². The smallest absolute Gasteiger partial charge is 0.0387 e. The minimum Gasteiger partial charge on any atom is -0.369 e. The minimum atomic E-state index is 0.721. The Bertz CT molecular complexity index is 449. The van der Waals surface area contributed by atoms with Crippen LogP contribution in [0.3, 0.4) is 0 Å². The first-order valence-electron chi connectivity index (χ1n) is 6.95. The largest absolute Gasteiger partial charge is 0.369 e. The van der Waals surface area contributed by atoms with Crippen molar-refractivity contribution < 1.29 is 0 Å². The molecule has 1 unspecified atom stereocenters. The van der Waals surface area contributed by atoms with Crippen LogP contribution in [0.2, 0.25) is 0 Å². The summed E-state index contributed by atoms with van der Waals surface area (Å²) in [5.41, 5.74) is 4.61. The molecular weight excluding hydrogens is 220 g/mol. The molecule has 2 nitrogen and oxygen atoms in total. The third-order valence-electron chi connectivity index (χ3n) is 4.25. The fourth-order valence-corrected chi connectivity index (χ4v) is 3.28. The van der Waals surface area contributed by atoms with Gasteiger partial charge in [-0.2, -0.15) is 0 Å². The highest BCUT2D eigenvalue weighted by Crippen LogP contribution is 2.31. The zero-order valence-corrected chi connectivity index (χ0v) is 11.4. The number of piperazine rings is 1. The van der Waals surface area contributed by atoms with Crippen LogP contribution in [0.1, 0.15) is 25.8 Å². The maximum atomic E-state index is 2.61. The average molecular weight is 242 g/mol. The highest BCUT2D eigenvalue weighted by atomic mass is 15.3. The van der Waals surface area contributed by atoms with Crippen molar-refractivity contribution in [1.82, 2.24) is 9.80 Å². The molecule has 2 aliphatic heterocycles. The van der Waals surface area contributed by atoms with Crippen LogP contribution in [0.25, 0.3) is 0 Å². The van der Waals surface area contributed by atoms with Crippen molar-refractivity contribution in [3.63, 3.8) is 0 Å². The number of hydrogen-bond acceptors (Lipinski definition) is 2. The molecule has 1 aromatic carbocycles. The van der Waals surface area contributed by atoms with Gasteiger partial charge in [-0.3, -0.25) is 4.90 Å². The van der Waals surface area contributed by atoms with Crippen LogP contribution in [-0.2, 0) is 6.54 Å². The van der Waals surface area contributed by atoms with Gasteiger partial charge < -0.3 is 4.90 Å². The van der Waals surface area contributed by atoms with Gasteiger partial charge in [0.1, 0.15) is 0 Å². The Morgan fingerprint density at radius 2 is 1.94 bits per heavy atom. The third kappa shape index (κ3) is 2.17. The fraction of sp³-hybridized carbons (Fsp3) is 0.500. The molecule has 96 valence electrons. The van der Waals surface area contributed by atoms with Crippen LogP contribution < -0.4 is 0 Å². The highest BCUT2D eigenvalue weighted by molar-refractivity contribution is 5.23. The van der Waals surface area contributed by atoms with Crippen molar-refractivity contribution in [2.75, 3.05) is 19.6 Å². The van der Waals surface area contributed by atoms with Gasteiger partial charge in [0, 0.05) is 37.9 Å². The maximum Gasteiger partial charge on any atom is 0.0387 e. The van der Waals surface area contributed by atoms with E-state index in [1.165, 1.54) is 25.1 Å². The number of hydrogen-bond donors (Lipinski definition) is 0. The van der Waals surface area contributed by atoms with Gasteiger partial charge in [-0.1, -0.05) is 35.9 Å². The van der Waals surface area contributed by atoms with Gasteiger partial charge in [0.15, 0.2) is 0 Å². The molecule has 0 N–H and O–H groups in total. The minimum absolute atomic E-state index is 0.721. The molecule has 3 rings (SSSR count). The number of rotatable bonds is 2. The fourth-order valence-electron chi connectivity index (χ4n) is 3.28. The molecule has 2 aliphatic rings. The number of fused-ring (bicyclic) bond motifs is 1. The van der Waals surface area contributed by atoms with E-state index >= 15 is 0 Å². The summed E-state index contributed by atoms with van der Waals surface area (Å²) in [6, 6.07) is 11.5. The zero-order valence-electron chi connectivity index (χ0n) is 11.4. The first-order valence-corrected chi connectivity index (χ1v) is 6.95. The summed E-state index contributed by atoms with van der Waals surface area (Å²) in [7, 11) is 0. The van der Waals surface area contributed by atoms with E-state index in [9.17, 15) is 0 Å². The van der Waals surface area contributed by atoms with Crippen molar-refractivity contribution in [2.45, 2.75) is 32.9 Å². The Morgan fingerprint density at radius 3 is 2.72 bits per heavy atom. The molecule has 1 aromatic rings. The Kier molecular flexibility index (Phi) is 3.13. The Morgan fingerprint density at radius 1 is 1.17 bits per heavy atom. The van der Waals surface area contributed by atoms with E-state index in [0.717, 1.165) is 19.1 Å². The summed E-state index contributed by atoms with van der Waals surface area (Å²) >= 11 is 0. The van der Waals surface area contributed by atoms with E-state index in [4.69, 9.17) is 0 Å². The van der Waals surface area contributed by atoms with Crippen LogP contribution in [-0.4, -0.2) is 35.5 Å². The van der Waals surface area contributed by atoms with Gasteiger partial charge in [0.05, 0.1) is 0 Å². The van der Waals surface area contributed by atoms with Gasteiger partial charge in [-0.25, -0.2) is 0 Å². The summed E-state index contributed by atoms with van der Waals surface area (Å²) in [6.07, 6.45) is 1.26. The van der Waals surface area contributed by atoms with Crippen LogP contribution in [0.4, 0.5) is 0 Å². The summed E-state index contributed by atoms with van der Waals surface area (Å²) in [4.78, 5) is 5.18. The van der Waals surface area contributed by atoms with Gasteiger partial charge in [0.2, 0.25) is 0 Å². The molecule has 1 saturated heterocycles. The van der Waals surface area contributed by atoms with Crippen molar-refractivity contribution >= 4 is 0 Å². The highest BCUT2D eigenvalue weighted by Gasteiger charge is 2.30. The van der Waals surface area contributed by atoms with Crippen molar-refractivity contribution in [3.05, 3.63) is 47.2 Å². The van der Waals surface area contributed by atoms with Gasteiger partial charge >= 0.3 is 0 Å². The molecule has 0 aliphatic carbocycles. The van der Waals surface area contributed by atoms with E-state index < -0.39 is 0 Å². The predicted molar refractivity (Wildman–Crippen MR) is 75.2 cm³/mol. The molecule has 18 heavy (non-hydrogen) atoms. The second kappa shape index (κ2) is 4.77. The summed E-state index contributed by atoms with van der Waals surface area (Å²) in [6.45, 7) is 9.25. The van der Waals surface area contributed by atoms with E-state index in [0.29, 0.717) is 0 Å². The molecule has 0 saturated carbocycles. The average Bonchev–Trinajstić information content (AvgIpc) is 2.66. The molecule has 0 spiro atoms. The first kappa shape index (κ1) is 11.8. The molecular formula is C16H22N2. The zero-order chi connectivity index (χ0) is 12.5. The van der Waals surface area contributed by atoms with Crippen LogP contribution in [0.15, 0.2) is 41.6 Å². The standard InChI is InChI=1S/C16H22N2/c1-13-10-14(2)18-9-8-17(12-16(13)18)11-15-6-4-3-5-7-15/h3-7,14H,8-12H2,1-2H3. The predicted octanol–water partition coefficient (Wildman–Crippen LogP) is 2.87. The topological polar surface area (TPSA) is 6.48 Å². The molecule has 0 aromatic heterocycles. The number of nitrogens with zero attached hydrogens (tertiary/aromatic N) is 2. The Hall–Kier alpha value is -1.28. The van der Waals surface area contributed by atoms with Crippen molar-refractivity contribution in [3.8, 4) is 0 Å². The van der Waals surface area contributed by atoms with Gasteiger partial charge in [-0.05, 0) is 25.8 Å². The first-order chi connectivity index (χ1) is 8.74. The second-order valence-electron chi connectivity index (χ2n) is 5.67. The lowest BCUT2D eigenvalue weighted by molar-refractivity contribution is 0.156. The number of benzene rings is 1. The van der Waals surface area contributed by atoms with Gasteiger partial charge in [0.25, 0.3) is 0 Å². The second-order valence-corrected chi connectivity index (χ2v) is 5.67.